The van der Waals surface area contributed by atoms with Crippen LogP contribution in [0, 0.1) is 0 Å². The van der Waals surface area contributed by atoms with E-state index in [1.54, 1.807) is 12.1 Å². The van der Waals surface area contributed by atoms with E-state index in [-0.39, 0.29) is 23.2 Å². The Kier molecular flexibility index (Phi) is 6.98. The molecule has 2 N–H and O–H groups in total. The molecule has 2 aliphatic rings. The molecule has 2 aromatic rings. The number of phenolic OH excluding ortho intramolecular Hbond substituents is 1. The van der Waals surface area contributed by atoms with E-state index in [9.17, 15) is 14.7 Å². The Morgan fingerprint density at radius 3 is 2.53 bits per heavy atom. The number of halogens is 1. The highest BCUT2D eigenvalue weighted by Crippen LogP contribution is 2.47. The first kappa shape index (κ1) is 23.9. The molecule has 0 saturated carbocycles. The van der Waals surface area contributed by atoms with Gasteiger partial charge < -0.3 is 19.9 Å². The lowest BCUT2D eigenvalue weighted by Gasteiger charge is -2.36. The third-order valence-corrected chi connectivity index (χ3v) is 6.62. The molecule has 1 aliphatic heterocycles. The Morgan fingerprint density at radius 2 is 1.85 bits per heavy atom. The van der Waals surface area contributed by atoms with Crippen LogP contribution in [0.4, 0.5) is 0 Å². The highest BCUT2D eigenvalue weighted by atomic mass is 35.5. The molecule has 0 aromatic heterocycles. The first-order valence-electron chi connectivity index (χ1n) is 11.4. The van der Waals surface area contributed by atoms with Crippen molar-refractivity contribution < 1.29 is 24.2 Å². The molecule has 1 heterocycles. The Hall–Kier alpha value is -3.25. The van der Waals surface area contributed by atoms with Crippen molar-refractivity contribution in [1.82, 2.24) is 5.32 Å². The van der Waals surface area contributed by atoms with Crippen LogP contribution in [0.2, 0.25) is 5.02 Å². The molecule has 178 valence electrons. The number of dihydropyridines is 1. The van der Waals surface area contributed by atoms with Gasteiger partial charge in [-0.3, -0.25) is 4.79 Å². The van der Waals surface area contributed by atoms with E-state index >= 15 is 0 Å². The van der Waals surface area contributed by atoms with Crippen molar-refractivity contribution in [1.29, 1.82) is 0 Å². The maximum atomic E-state index is 13.6. The summed E-state index contributed by atoms with van der Waals surface area (Å²) < 4.78 is 10.8. The van der Waals surface area contributed by atoms with Crippen molar-refractivity contribution in [3.05, 3.63) is 81.2 Å². The predicted molar refractivity (Wildman–Crippen MR) is 130 cm³/mol. The normalized spacial score (nSPS) is 20.1. The van der Waals surface area contributed by atoms with E-state index in [0.717, 1.165) is 11.3 Å². The van der Waals surface area contributed by atoms with Crippen LogP contribution in [0.15, 0.2) is 65.0 Å². The van der Waals surface area contributed by atoms with Gasteiger partial charge in [0.2, 0.25) is 0 Å². The number of aromatic hydroxyl groups is 1. The molecule has 0 bridgehead atoms. The first-order valence-corrected chi connectivity index (χ1v) is 11.7. The molecular formula is C27H28ClNO5. The smallest absolute Gasteiger partial charge is 0.336 e. The van der Waals surface area contributed by atoms with Gasteiger partial charge in [0.1, 0.15) is 0 Å². The van der Waals surface area contributed by atoms with Gasteiger partial charge in [0, 0.05) is 34.3 Å². The molecule has 2 atom stereocenters. The third-order valence-electron chi connectivity index (χ3n) is 6.36. The van der Waals surface area contributed by atoms with Crippen molar-refractivity contribution in [3.8, 4) is 11.5 Å². The molecular weight excluding hydrogens is 454 g/mol. The number of ether oxygens (including phenoxy) is 2. The molecule has 4 rings (SSSR count). The van der Waals surface area contributed by atoms with Crippen LogP contribution >= 0.6 is 11.6 Å². The number of phenols is 1. The summed E-state index contributed by atoms with van der Waals surface area (Å²) in [5.41, 5.74) is 4.15. The summed E-state index contributed by atoms with van der Waals surface area (Å²) in [7, 11) is 1.46. The largest absolute Gasteiger partial charge is 0.504 e. The van der Waals surface area contributed by atoms with E-state index in [0.29, 0.717) is 53.3 Å². The molecule has 0 spiro atoms. The van der Waals surface area contributed by atoms with Crippen molar-refractivity contribution >= 4 is 23.4 Å². The molecule has 0 radical (unpaired) electrons. The van der Waals surface area contributed by atoms with E-state index in [1.165, 1.54) is 13.2 Å². The molecule has 0 fully saturated rings. The lowest BCUT2D eigenvalue weighted by Crippen LogP contribution is -2.36. The van der Waals surface area contributed by atoms with Crippen molar-refractivity contribution in [2.24, 2.45) is 0 Å². The number of hydrogen-bond donors (Lipinski definition) is 2. The molecule has 1 aliphatic carbocycles. The number of esters is 1. The summed E-state index contributed by atoms with van der Waals surface area (Å²) in [5.74, 6) is -0.828. The van der Waals surface area contributed by atoms with E-state index in [4.69, 9.17) is 21.1 Å². The molecule has 7 heteroatoms. The number of rotatable bonds is 6. The van der Waals surface area contributed by atoms with Gasteiger partial charge >= 0.3 is 5.97 Å². The van der Waals surface area contributed by atoms with Crippen LogP contribution in [0.5, 0.6) is 11.5 Å². The first-order chi connectivity index (χ1) is 16.3. The lowest BCUT2D eigenvalue weighted by atomic mass is 9.71. The quantitative estimate of drug-likeness (QED) is 0.539. The summed E-state index contributed by atoms with van der Waals surface area (Å²) in [6.07, 6.45) is 1.64. The highest BCUT2D eigenvalue weighted by molar-refractivity contribution is 6.30. The third kappa shape index (κ3) is 4.55. The fourth-order valence-electron chi connectivity index (χ4n) is 4.76. The minimum absolute atomic E-state index is 0.00686. The van der Waals surface area contributed by atoms with Crippen LogP contribution in [-0.4, -0.2) is 30.6 Å². The van der Waals surface area contributed by atoms with Crippen molar-refractivity contribution in [3.63, 3.8) is 0 Å². The van der Waals surface area contributed by atoms with Gasteiger partial charge in [0.15, 0.2) is 17.3 Å². The molecule has 0 amide bonds. The second kappa shape index (κ2) is 9.94. The zero-order valence-corrected chi connectivity index (χ0v) is 20.2. The second-order valence-corrected chi connectivity index (χ2v) is 9.07. The summed E-state index contributed by atoms with van der Waals surface area (Å²) in [6.45, 7) is 4.05. The standard InChI is InChI=1S/C27H28ClNO5/c1-4-11-34-27(32)24-15(2)29-20-12-18(16-5-8-19(28)9-6-16)13-22(31)26(20)25(24)17-7-10-21(30)23(14-17)33-3/h5-10,14,18,25,29-30H,4,11-13H2,1-3H3/t18-,25-/m1/s1. The van der Waals surface area contributed by atoms with E-state index in [2.05, 4.69) is 5.32 Å². The number of benzene rings is 2. The van der Waals surface area contributed by atoms with Gasteiger partial charge in [0.25, 0.3) is 0 Å². The maximum Gasteiger partial charge on any atom is 0.336 e. The van der Waals surface area contributed by atoms with Gasteiger partial charge in [0.05, 0.1) is 19.3 Å². The predicted octanol–water partition coefficient (Wildman–Crippen LogP) is 5.37. The lowest BCUT2D eigenvalue weighted by molar-refractivity contribution is -0.139. The minimum atomic E-state index is -0.617. The summed E-state index contributed by atoms with van der Waals surface area (Å²) >= 11 is 6.05. The van der Waals surface area contributed by atoms with Crippen LogP contribution in [0.3, 0.4) is 0 Å². The van der Waals surface area contributed by atoms with Gasteiger partial charge in [-0.1, -0.05) is 36.7 Å². The summed E-state index contributed by atoms with van der Waals surface area (Å²) in [6, 6.07) is 12.5. The SMILES string of the molecule is CCCOC(=O)C1=C(C)NC2=C(C(=O)C[C@H](c3ccc(Cl)cc3)C2)[C@@H]1c1ccc(O)c(OC)c1. The fourth-order valence-corrected chi connectivity index (χ4v) is 4.89. The number of carbonyl (C=O) groups is 2. The Bertz CT molecular complexity index is 1180. The number of nitrogens with one attached hydrogen (secondary N) is 1. The molecule has 34 heavy (non-hydrogen) atoms. The van der Waals surface area contributed by atoms with Crippen molar-refractivity contribution in [2.75, 3.05) is 13.7 Å². The maximum absolute atomic E-state index is 13.6. The van der Waals surface area contributed by atoms with Crippen LogP contribution in [0.25, 0.3) is 0 Å². The minimum Gasteiger partial charge on any atom is -0.504 e. The number of ketones is 1. The Morgan fingerprint density at radius 1 is 1.15 bits per heavy atom. The number of carbonyl (C=O) groups excluding carboxylic acids is 2. The average molecular weight is 482 g/mol. The summed E-state index contributed by atoms with van der Waals surface area (Å²) in [4.78, 5) is 26.7. The molecule has 6 nitrogen and oxygen atoms in total. The van der Waals surface area contributed by atoms with Gasteiger partial charge in [-0.05, 0) is 61.1 Å². The number of allylic oxidation sites excluding steroid dienone is 3. The average Bonchev–Trinajstić information content (AvgIpc) is 2.82. The summed E-state index contributed by atoms with van der Waals surface area (Å²) in [5, 5.41) is 14.1. The number of Topliss-reactive ketones (excluding diaryl/α,β-unsaturated/α-hetero) is 1. The molecule has 0 unspecified atom stereocenters. The van der Waals surface area contributed by atoms with E-state index in [1.807, 2.05) is 38.1 Å². The Labute approximate surface area is 204 Å². The van der Waals surface area contributed by atoms with Gasteiger partial charge in [-0.25, -0.2) is 4.79 Å². The monoisotopic (exact) mass is 481 g/mol. The topological polar surface area (TPSA) is 84.9 Å². The van der Waals surface area contributed by atoms with Crippen molar-refractivity contribution in [2.45, 2.75) is 44.9 Å². The zero-order valence-electron chi connectivity index (χ0n) is 19.5. The van der Waals surface area contributed by atoms with Crippen LogP contribution < -0.4 is 10.1 Å². The molecule has 2 aromatic carbocycles. The van der Waals surface area contributed by atoms with E-state index < -0.39 is 11.9 Å². The van der Waals surface area contributed by atoms with Crippen LogP contribution in [0.1, 0.15) is 56.1 Å². The number of hydrogen-bond acceptors (Lipinski definition) is 6. The Balaban J connectivity index is 1.80. The fraction of sp³-hybridized carbons (Fsp3) is 0.333. The molecule has 0 saturated heterocycles. The number of methoxy groups -OCH3 is 1. The second-order valence-electron chi connectivity index (χ2n) is 8.64. The van der Waals surface area contributed by atoms with Crippen LogP contribution in [-0.2, 0) is 14.3 Å². The zero-order chi connectivity index (χ0) is 24.4. The highest BCUT2D eigenvalue weighted by Gasteiger charge is 2.41. The van der Waals surface area contributed by atoms with Gasteiger partial charge in [-0.15, -0.1) is 0 Å². The van der Waals surface area contributed by atoms with Gasteiger partial charge in [-0.2, -0.15) is 0 Å².